The summed E-state index contributed by atoms with van der Waals surface area (Å²) in [5, 5.41) is 11.7. The Labute approximate surface area is 175 Å². The molecular formula is C21H20F4N2O4. The number of anilines is 1. The second-order valence-electron chi connectivity index (χ2n) is 7.22. The number of aryl methyl sites for hydroxylation is 1. The Bertz CT molecular complexity index is 999. The Morgan fingerprint density at radius 1 is 1.19 bits per heavy atom. The summed E-state index contributed by atoms with van der Waals surface area (Å²) in [4.78, 5) is 24.8. The highest BCUT2D eigenvalue weighted by atomic mass is 19.3. The van der Waals surface area contributed by atoms with E-state index in [4.69, 9.17) is 4.74 Å². The third-order valence-corrected chi connectivity index (χ3v) is 4.96. The zero-order chi connectivity index (χ0) is 22.8. The molecule has 0 spiro atoms. The van der Waals surface area contributed by atoms with Crippen molar-refractivity contribution in [1.82, 2.24) is 4.90 Å². The van der Waals surface area contributed by atoms with Gasteiger partial charge in [0.2, 0.25) is 0 Å². The van der Waals surface area contributed by atoms with E-state index in [9.17, 15) is 32.3 Å². The highest BCUT2D eigenvalue weighted by Crippen LogP contribution is 2.33. The van der Waals surface area contributed by atoms with Crippen LogP contribution in [0.3, 0.4) is 0 Å². The molecule has 10 heteroatoms. The van der Waals surface area contributed by atoms with Crippen LogP contribution in [0.5, 0.6) is 0 Å². The Kier molecular flexibility index (Phi) is 6.61. The van der Waals surface area contributed by atoms with Gasteiger partial charge in [0, 0.05) is 17.8 Å². The molecule has 0 aromatic heterocycles. The van der Waals surface area contributed by atoms with E-state index in [1.54, 1.807) is 0 Å². The zero-order valence-electron chi connectivity index (χ0n) is 16.5. The third-order valence-electron chi connectivity index (χ3n) is 4.96. The fraction of sp³-hybridized carbons (Fsp3) is 0.333. The van der Waals surface area contributed by atoms with Crippen LogP contribution < -0.4 is 5.32 Å². The van der Waals surface area contributed by atoms with Gasteiger partial charge in [-0.3, -0.25) is 14.5 Å². The van der Waals surface area contributed by atoms with Crippen molar-refractivity contribution in [3.8, 4) is 0 Å². The first-order chi connectivity index (χ1) is 14.6. The number of halogens is 4. The van der Waals surface area contributed by atoms with Gasteiger partial charge in [-0.05, 0) is 48.9 Å². The number of hydrogen-bond donors (Lipinski definition) is 2. The molecule has 1 atom stereocenters. The van der Waals surface area contributed by atoms with E-state index in [1.807, 2.05) is 0 Å². The summed E-state index contributed by atoms with van der Waals surface area (Å²) in [5.41, 5.74) is -0.720. The zero-order valence-corrected chi connectivity index (χ0v) is 16.5. The number of nitrogens with one attached hydrogen (secondary N) is 1. The number of carbonyl (C=O) groups is 2. The average Bonchev–Trinajstić information content (AvgIpc) is 2.70. The van der Waals surface area contributed by atoms with Crippen LogP contribution in [-0.2, 0) is 15.5 Å². The fourth-order valence-electron chi connectivity index (χ4n) is 3.27. The molecule has 31 heavy (non-hydrogen) atoms. The molecule has 1 amide bonds. The fourth-order valence-corrected chi connectivity index (χ4v) is 3.27. The highest BCUT2D eigenvalue weighted by molar-refractivity contribution is 6.04. The van der Waals surface area contributed by atoms with Crippen LogP contribution in [-0.4, -0.2) is 54.2 Å². The summed E-state index contributed by atoms with van der Waals surface area (Å²) in [6.07, 6.45) is 0. The van der Waals surface area contributed by atoms with Gasteiger partial charge in [-0.15, -0.1) is 0 Å². The monoisotopic (exact) mass is 440 g/mol. The molecule has 1 aliphatic rings. The minimum Gasteiger partial charge on any atom is -0.480 e. The van der Waals surface area contributed by atoms with E-state index in [1.165, 1.54) is 19.1 Å². The van der Waals surface area contributed by atoms with Crippen molar-refractivity contribution in [3.63, 3.8) is 0 Å². The van der Waals surface area contributed by atoms with Crippen LogP contribution in [0.4, 0.5) is 23.2 Å². The topological polar surface area (TPSA) is 78.9 Å². The van der Waals surface area contributed by atoms with Gasteiger partial charge in [0.15, 0.2) is 0 Å². The highest BCUT2D eigenvalue weighted by Gasteiger charge is 2.41. The van der Waals surface area contributed by atoms with Crippen molar-refractivity contribution in [2.45, 2.75) is 18.9 Å². The number of benzene rings is 2. The van der Waals surface area contributed by atoms with Crippen molar-refractivity contribution in [3.05, 3.63) is 64.7 Å². The van der Waals surface area contributed by atoms with Gasteiger partial charge < -0.3 is 15.2 Å². The maximum atomic E-state index is 14.9. The quantitative estimate of drug-likeness (QED) is 0.674. The lowest BCUT2D eigenvalue weighted by atomic mass is 10.0. The molecule has 0 radical (unpaired) electrons. The van der Waals surface area contributed by atoms with Gasteiger partial charge in [0.05, 0.1) is 25.3 Å². The maximum Gasteiger partial charge on any atom is 0.323 e. The number of morpholine rings is 1. The molecule has 0 aliphatic carbocycles. The van der Waals surface area contributed by atoms with E-state index < -0.39 is 47.6 Å². The van der Waals surface area contributed by atoms with Crippen LogP contribution in [0, 0.1) is 18.6 Å². The molecule has 1 saturated heterocycles. The molecule has 1 aliphatic heterocycles. The normalized spacial score (nSPS) is 17.4. The number of carboxylic acids is 1. The van der Waals surface area contributed by atoms with Crippen LogP contribution in [0.15, 0.2) is 36.4 Å². The molecule has 1 heterocycles. The Balaban J connectivity index is 1.82. The van der Waals surface area contributed by atoms with E-state index in [0.29, 0.717) is 0 Å². The summed E-state index contributed by atoms with van der Waals surface area (Å²) >= 11 is 0. The van der Waals surface area contributed by atoms with Crippen molar-refractivity contribution < 1.29 is 37.0 Å². The minimum absolute atomic E-state index is 0.0573. The second-order valence-corrected chi connectivity index (χ2v) is 7.22. The summed E-state index contributed by atoms with van der Waals surface area (Å²) in [6.45, 7) is 0.206. The molecule has 2 aromatic carbocycles. The van der Waals surface area contributed by atoms with Gasteiger partial charge in [0.25, 0.3) is 11.8 Å². The predicted octanol–water partition coefficient (Wildman–Crippen LogP) is 3.40. The first-order valence-electron chi connectivity index (χ1n) is 9.38. The van der Waals surface area contributed by atoms with Crippen molar-refractivity contribution in [1.29, 1.82) is 0 Å². The van der Waals surface area contributed by atoms with Gasteiger partial charge in [0.1, 0.15) is 17.7 Å². The predicted molar refractivity (Wildman–Crippen MR) is 103 cm³/mol. The second kappa shape index (κ2) is 9.03. The summed E-state index contributed by atoms with van der Waals surface area (Å²) in [7, 11) is 0. The SMILES string of the molecule is Cc1cc(NC(=O)c2ccc(F)c(C(F)(F)CN3CCOC[C@H]3C(=O)O)c2)ccc1F. The van der Waals surface area contributed by atoms with E-state index >= 15 is 0 Å². The molecule has 0 unspecified atom stereocenters. The van der Waals surface area contributed by atoms with E-state index in [0.717, 1.165) is 29.2 Å². The smallest absolute Gasteiger partial charge is 0.323 e. The maximum absolute atomic E-state index is 14.9. The Morgan fingerprint density at radius 2 is 1.90 bits per heavy atom. The number of hydrogen-bond acceptors (Lipinski definition) is 4. The molecule has 6 nitrogen and oxygen atoms in total. The van der Waals surface area contributed by atoms with Crippen molar-refractivity contribution in [2.24, 2.45) is 0 Å². The average molecular weight is 440 g/mol. The van der Waals surface area contributed by atoms with Crippen molar-refractivity contribution >= 4 is 17.6 Å². The molecule has 0 bridgehead atoms. The number of nitrogens with zero attached hydrogens (tertiary/aromatic N) is 1. The first-order valence-corrected chi connectivity index (χ1v) is 9.38. The molecular weight excluding hydrogens is 420 g/mol. The van der Waals surface area contributed by atoms with E-state index in [2.05, 4.69) is 5.32 Å². The lowest BCUT2D eigenvalue weighted by Crippen LogP contribution is -2.53. The summed E-state index contributed by atoms with van der Waals surface area (Å²) in [6, 6.07) is 5.09. The molecule has 1 fully saturated rings. The lowest BCUT2D eigenvalue weighted by Gasteiger charge is -2.35. The van der Waals surface area contributed by atoms with E-state index in [-0.39, 0.29) is 36.6 Å². The molecule has 2 aromatic rings. The molecule has 2 N–H and O–H groups in total. The van der Waals surface area contributed by atoms with Crippen LogP contribution in [0.25, 0.3) is 0 Å². The summed E-state index contributed by atoms with van der Waals surface area (Å²) < 4.78 is 62.5. The largest absolute Gasteiger partial charge is 0.480 e. The molecule has 0 saturated carbocycles. The van der Waals surface area contributed by atoms with Crippen molar-refractivity contribution in [2.75, 3.05) is 31.6 Å². The number of carbonyl (C=O) groups excluding carboxylic acids is 1. The van der Waals surface area contributed by atoms with Crippen LogP contribution >= 0.6 is 0 Å². The summed E-state index contributed by atoms with van der Waals surface area (Å²) in [5.74, 6) is -7.56. The van der Waals surface area contributed by atoms with Gasteiger partial charge in [-0.25, -0.2) is 8.78 Å². The standard InChI is InChI=1S/C21H20F4N2O4/c1-12-8-14(3-5-16(12)22)26-19(28)13-2-4-17(23)15(9-13)21(24,25)11-27-6-7-31-10-18(27)20(29)30/h2-5,8-9,18H,6-7,10-11H2,1H3,(H,26,28)(H,29,30)/t18-/m0/s1. The lowest BCUT2D eigenvalue weighted by molar-refractivity contribution is -0.154. The van der Waals surface area contributed by atoms with Gasteiger partial charge in [-0.2, -0.15) is 8.78 Å². The van der Waals surface area contributed by atoms with Gasteiger partial charge in [-0.1, -0.05) is 0 Å². The Hall–Kier alpha value is -2.98. The number of ether oxygens (including phenoxy) is 1. The first kappa shape index (κ1) is 22.7. The number of aliphatic carboxylic acids is 1. The molecule has 3 rings (SSSR count). The van der Waals surface area contributed by atoms with Crippen LogP contribution in [0.2, 0.25) is 0 Å². The Morgan fingerprint density at radius 3 is 2.58 bits per heavy atom. The third kappa shape index (κ3) is 5.20. The number of amides is 1. The number of carboxylic acid groups (broad SMARTS) is 1. The minimum atomic E-state index is -3.77. The molecule has 166 valence electrons. The number of alkyl halides is 2. The van der Waals surface area contributed by atoms with Gasteiger partial charge >= 0.3 is 5.97 Å². The van der Waals surface area contributed by atoms with Crippen LogP contribution in [0.1, 0.15) is 21.5 Å². The number of rotatable bonds is 6.